The number of methoxy groups -OCH3 is 1. The first-order chi connectivity index (χ1) is 12.2. The van der Waals surface area contributed by atoms with Gasteiger partial charge in [0.2, 0.25) is 5.91 Å². The van der Waals surface area contributed by atoms with Crippen molar-refractivity contribution in [3.8, 4) is 11.4 Å². The fourth-order valence-corrected chi connectivity index (χ4v) is 3.42. The molecule has 0 aliphatic carbocycles. The third-order valence-corrected chi connectivity index (χ3v) is 4.61. The number of hydrogen-bond acceptors (Lipinski definition) is 3. The number of rotatable bonds is 3. The molecule has 4 rings (SSSR count). The van der Waals surface area contributed by atoms with Crippen molar-refractivity contribution < 1.29 is 9.53 Å². The number of hydrogen-bond donors (Lipinski definition) is 1. The number of halogens is 1. The third kappa shape index (κ3) is 2.76. The molecule has 0 saturated heterocycles. The molecule has 25 heavy (non-hydrogen) atoms. The van der Waals surface area contributed by atoms with E-state index in [-0.39, 0.29) is 11.8 Å². The number of fused-ring (bicyclic) bond motifs is 1. The van der Waals surface area contributed by atoms with Crippen molar-refractivity contribution >= 4 is 23.3 Å². The van der Waals surface area contributed by atoms with Crippen LogP contribution in [0.4, 0.5) is 5.82 Å². The number of para-hydroxylation sites is 1. The van der Waals surface area contributed by atoms with Crippen LogP contribution < -0.4 is 10.1 Å². The zero-order valence-corrected chi connectivity index (χ0v) is 14.3. The number of amides is 1. The van der Waals surface area contributed by atoms with Crippen LogP contribution in [-0.4, -0.2) is 22.6 Å². The monoisotopic (exact) mass is 353 g/mol. The molecule has 3 aromatic rings. The Labute approximate surface area is 150 Å². The molecule has 5 nitrogen and oxygen atoms in total. The van der Waals surface area contributed by atoms with Gasteiger partial charge in [0.05, 0.1) is 12.8 Å². The smallest absolute Gasteiger partial charge is 0.226 e. The molecular weight excluding hydrogens is 338 g/mol. The zero-order valence-electron chi connectivity index (χ0n) is 13.6. The Morgan fingerprint density at radius 1 is 1.24 bits per heavy atom. The minimum atomic E-state index is -0.152. The van der Waals surface area contributed by atoms with E-state index in [1.165, 1.54) is 0 Å². The van der Waals surface area contributed by atoms with E-state index in [4.69, 9.17) is 16.3 Å². The van der Waals surface area contributed by atoms with Gasteiger partial charge in [0, 0.05) is 28.6 Å². The molecule has 1 unspecified atom stereocenters. The summed E-state index contributed by atoms with van der Waals surface area (Å²) in [4.78, 5) is 16.9. The molecule has 126 valence electrons. The minimum Gasteiger partial charge on any atom is -0.496 e. The molecule has 0 bridgehead atoms. The lowest BCUT2D eigenvalue weighted by molar-refractivity contribution is -0.116. The first-order valence-electron chi connectivity index (χ1n) is 7.93. The molecule has 0 radical (unpaired) electrons. The van der Waals surface area contributed by atoms with Gasteiger partial charge < -0.3 is 10.1 Å². The predicted octanol–water partition coefficient (Wildman–Crippen LogP) is 4.01. The second-order valence-electron chi connectivity index (χ2n) is 5.88. The summed E-state index contributed by atoms with van der Waals surface area (Å²) in [6.45, 7) is 0. The molecule has 1 atom stereocenters. The number of benzene rings is 2. The van der Waals surface area contributed by atoms with Gasteiger partial charge in [-0.2, -0.15) is 0 Å². The van der Waals surface area contributed by atoms with Crippen molar-refractivity contribution in [1.82, 2.24) is 9.55 Å². The quantitative estimate of drug-likeness (QED) is 0.774. The van der Waals surface area contributed by atoms with E-state index in [0.717, 1.165) is 22.7 Å². The van der Waals surface area contributed by atoms with E-state index in [1.54, 1.807) is 13.4 Å². The number of anilines is 1. The Morgan fingerprint density at radius 2 is 2.08 bits per heavy atom. The van der Waals surface area contributed by atoms with E-state index >= 15 is 0 Å². The molecule has 0 fully saturated rings. The van der Waals surface area contributed by atoms with Crippen molar-refractivity contribution in [3.63, 3.8) is 0 Å². The first kappa shape index (κ1) is 15.7. The van der Waals surface area contributed by atoms with Gasteiger partial charge in [-0.15, -0.1) is 0 Å². The SMILES string of the molecule is COc1ccccc1C1CC(=O)Nc2c1ncn2-c1cccc(Cl)c1. The van der Waals surface area contributed by atoms with Gasteiger partial charge in [-0.1, -0.05) is 35.9 Å². The largest absolute Gasteiger partial charge is 0.496 e. The third-order valence-electron chi connectivity index (χ3n) is 4.37. The van der Waals surface area contributed by atoms with Gasteiger partial charge in [0.25, 0.3) is 0 Å². The Kier molecular flexibility index (Phi) is 3.93. The molecule has 1 amide bonds. The standard InChI is InChI=1S/C19H16ClN3O2/c1-25-16-8-3-2-7-14(16)15-10-17(24)22-19-18(15)21-11-23(19)13-6-4-5-12(20)9-13/h2-9,11,15H,10H2,1H3,(H,22,24). The van der Waals surface area contributed by atoms with Crippen LogP contribution in [0.3, 0.4) is 0 Å². The number of ether oxygens (including phenoxy) is 1. The van der Waals surface area contributed by atoms with Crippen molar-refractivity contribution in [2.75, 3.05) is 12.4 Å². The van der Waals surface area contributed by atoms with Gasteiger partial charge in [-0.3, -0.25) is 9.36 Å². The molecule has 1 aliphatic rings. The van der Waals surface area contributed by atoms with Gasteiger partial charge in [-0.05, 0) is 24.3 Å². The van der Waals surface area contributed by atoms with E-state index < -0.39 is 0 Å². The van der Waals surface area contributed by atoms with Crippen LogP contribution in [0.25, 0.3) is 5.69 Å². The van der Waals surface area contributed by atoms with Gasteiger partial charge in [0.1, 0.15) is 17.9 Å². The second kappa shape index (κ2) is 6.26. The van der Waals surface area contributed by atoms with Gasteiger partial charge in [0.15, 0.2) is 0 Å². The highest BCUT2D eigenvalue weighted by molar-refractivity contribution is 6.30. The average Bonchev–Trinajstić information content (AvgIpc) is 3.04. The Morgan fingerprint density at radius 3 is 2.88 bits per heavy atom. The maximum absolute atomic E-state index is 12.3. The van der Waals surface area contributed by atoms with Crippen LogP contribution in [0, 0.1) is 0 Å². The Bertz CT molecular complexity index is 951. The minimum absolute atomic E-state index is 0.0489. The number of carbonyl (C=O) groups is 1. The normalized spacial score (nSPS) is 16.2. The highest BCUT2D eigenvalue weighted by atomic mass is 35.5. The maximum atomic E-state index is 12.3. The van der Waals surface area contributed by atoms with Crippen LogP contribution in [0.1, 0.15) is 23.6 Å². The Hall–Kier alpha value is -2.79. The summed E-state index contributed by atoms with van der Waals surface area (Å²) in [6.07, 6.45) is 2.05. The molecule has 2 aromatic carbocycles. The highest BCUT2D eigenvalue weighted by Gasteiger charge is 2.32. The van der Waals surface area contributed by atoms with Crippen molar-refractivity contribution in [3.05, 3.63) is 71.1 Å². The van der Waals surface area contributed by atoms with Crippen LogP contribution in [0.15, 0.2) is 54.9 Å². The number of nitrogens with one attached hydrogen (secondary N) is 1. The van der Waals surface area contributed by atoms with Crippen molar-refractivity contribution in [2.24, 2.45) is 0 Å². The van der Waals surface area contributed by atoms with Crippen LogP contribution in [0.5, 0.6) is 5.75 Å². The van der Waals surface area contributed by atoms with Crippen LogP contribution in [0.2, 0.25) is 5.02 Å². The summed E-state index contributed by atoms with van der Waals surface area (Å²) in [7, 11) is 1.63. The van der Waals surface area contributed by atoms with Gasteiger partial charge in [-0.25, -0.2) is 4.98 Å². The fraction of sp³-hybridized carbons (Fsp3) is 0.158. The zero-order chi connectivity index (χ0) is 17.4. The van der Waals surface area contributed by atoms with E-state index in [1.807, 2.05) is 53.1 Å². The van der Waals surface area contributed by atoms with E-state index in [9.17, 15) is 4.79 Å². The highest BCUT2D eigenvalue weighted by Crippen LogP contribution is 2.40. The summed E-state index contributed by atoms with van der Waals surface area (Å²) in [5.74, 6) is 1.23. The number of imidazole rings is 1. The average molecular weight is 354 g/mol. The predicted molar refractivity (Wildman–Crippen MR) is 96.7 cm³/mol. The van der Waals surface area contributed by atoms with Crippen molar-refractivity contribution in [2.45, 2.75) is 12.3 Å². The number of aromatic nitrogens is 2. The lowest BCUT2D eigenvalue weighted by Crippen LogP contribution is -2.25. The molecule has 1 N–H and O–H groups in total. The first-order valence-corrected chi connectivity index (χ1v) is 8.31. The van der Waals surface area contributed by atoms with Crippen LogP contribution in [-0.2, 0) is 4.79 Å². The Balaban J connectivity index is 1.84. The second-order valence-corrected chi connectivity index (χ2v) is 6.31. The summed E-state index contributed by atoms with van der Waals surface area (Å²) < 4.78 is 7.32. The molecule has 2 heterocycles. The maximum Gasteiger partial charge on any atom is 0.226 e. The van der Waals surface area contributed by atoms with Crippen LogP contribution >= 0.6 is 11.6 Å². The van der Waals surface area contributed by atoms with Crippen molar-refractivity contribution in [1.29, 1.82) is 0 Å². The molecule has 6 heteroatoms. The molecule has 1 aromatic heterocycles. The summed E-state index contributed by atoms with van der Waals surface area (Å²) >= 11 is 6.10. The summed E-state index contributed by atoms with van der Waals surface area (Å²) in [5, 5.41) is 3.57. The number of carbonyl (C=O) groups excluding carboxylic acids is 1. The van der Waals surface area contributed by atoms with E-state index in [0.29, 0.717) is 17.3 Å². The lowest BCUT2D eigenvalue weighted by atomic mass is 9.89. The lowest BCUT2D eigenvalue weighted by Gasteiger charge is -2.24. The fourth-order valence-electron chi connectivity index (χ4n) is 3.24. The summed E-state index contributed by atoms with van der Waals surface area (Å²) in [5.41, 5.74) is 2.63. The molecular formula is C19H16ClN3O2. The topological polar surface area (TPSA) is 56.1 Å². The molecule has 0 spiro atoms. The molecule has 0 saturated carbocycles. The number of nitrogens with zero attached hydrogens (tertiary/aromatic N) is 2. The van der Waals surface area contributed by atoms with E-state index in [2.05, 4.69) is 10.3 Å². The summed E-state index contributed by atoms with van der Waals surface area (Å²) in [6, 6.07) is 15.2. The van der Waals surface area contributed by atoms with Gasteiger partial charge >= 0.3 is 0 Å². The molecule has 1 aliphatic heterocycles.